The minimum atomic E-state index is -1.16. The van der Waals surface area contributed by atoms with Gasteiger partial charge in [-0.25, -0.2) is 4.39 Å². The normalized spacial score (nSPS) is 12.4. The lowest BCUT2D eigenvalue weighted by atomic mass is 10.2. The van der Waals surface area contributed by atoms with Gasteiger partial charge in [-0.15, -0.1) is 0 Å². The Morgan fingerprint density at radius 3 is 2.57 bits per heavy atom. The van der Waals surface area contributed by atoms with Crippen LogP contribution in [0.2, 0.25) is 0 Å². The molecule has 0 bridgehead atoms. The van der Waals surface area contributed by atoms with Crippen LogP contribution in [0.15, 0.2) is 30.3 Å². The zero-order valence-corrected chi connectivity index (χ0v) is 8.58. The summed E-state index contributed by atoms with van der Waals surface area (Å²) in [4.78, 5) is 0. The number of halogens is 1. The van der Waals surface area contributed by atoms with Gasteiger partial charge in [0.1, 0.15) is 5.75 Å². The molecule has 0 heterocycles. The lowest BCUT2D eigenvalue weighted by Crippen LogP contribution is -2.09. The lowest BCUT2D eigenvalue weighted by Gasteiger charge is -2.10. The first-order chi connectivity index (χ1) is 6.83. The lowest BCUT2D eigenvalue weighted by molar-refractivity contribution is 0.0570. The standard InChI is InChI=1S/C12H17FO/c1-2-3-5-10-12(13)14-11-8-6-4-7-9-11/h4,6-9,12H,2-3,5,10H2,1H3. The van der Waals surface area contributed by atoms with Crippen LogP contribution in [-0.4, -0.2) is 6.36 Å². The number of hydrogen-bond acceptors (Lipinski definition) is 1. The van der Waals surface area contributed by atoms with Crippen molar-refractivity contribution in [1.82, 2.24) is 0 Å². The van der Waals surface area contributed by atoms with E-state index in [1.54, 1.807) is 12.1 Å². The Morgan fingerprint density at radius 1 is 1.21 bits per heavy atom. The number of ether oxygens (including phenoxy) is 1. The van der Waals surface area contributed by atoms with Crippen molar-refractivity contribution in [3.8, 4) is 5.75 Å². The van der Waals surface area contributed by atoms with Gasteiger partial charge in [0, 0.05) is 6.42 Å². The van der Waals surface area contributed by atoms with Gasteiger partial charge in [0.15, 0.2) is 0 Å². The highest BCUT2D eigenvalue weighted by molar-refractivity contribution is 5.20. The van der Waals surface area contributed by atoms with Gasteiger partial charge in [0.05, 0.1) is 0 Å². The number of para-hydroxylation sites is 1. The Morgan fingerprint density at radius 2 is 1.93 bits per heavy atom. The van der Waals surface area contributed by atoms with Crippen molar-refractivity contribution in [2.45, 2.75) is 39.0 Å². The first kappa shape index (κ1) is 11.0. The fraction of sp³-hybridized carbons (Fsp3) is 0.500. The Balaban J connectivity index is 2.23. The van der Waals surface area contributed by atoms with Gasteiger partial charge in [0.2, 0.25) is 6.36 Å². The number of alkyl halides is 1. The molecule has 1 atom stereocenters. The molecule has 0 saturated heterocycles. The van der Waals surface area contributed by atoms with Crippen LogP contribution >= 0.6 is 0 Å². The van der Waals surface area contributed by atoms with Crippen LogP contribution < -0.4 is 4.74 Å². The van der Waals surface area contributed by atoms with Crippen molar-refractivity contribution in [3.63, 3.8) is 0 Å². The summed E-state index contributed by atoms with van der Waals surface area (Å²) < 4.78 is 18.3. The second kappa shape index (κ2) is 6.41. The maximum atomic E-state index is 13.2. The van der Waals surface area contributed by atoms with Crippen LogP contribution in [0.5, 0.6) is 5.75 Å². The second-order valence-electron chi connectivity index (χ2n) is 3.34. The summed E-state index contributed by atoms with van der Waals surface area (Å²) in [6.45, 7) is 2.10. The summed E-state index contributed by atoms with van der Waals surface area (Å²) in [5.41, 5.74) is 0. The minimum absolute atomic E-state index is 0.489. The van der Waals surface area contributed by atoms with E-state index in [1.807, 2.05) is 18.2 Å². The van der Waals surface area contributed by atoms with Crippen LogP contribution in [0, 0.1) is 0 Å². The summed E-state index contributed by atoms with van der Waals surface area (Å²) in [5.74, 6) is 0.608. The highest BCUT2D eigenvalue weighted by Crippen LogP contribution is 2.15. The van der Waals surface area contributed by atoms with Crippen LogP contribution in [0.25, 0.3) is 0 Å². The molecule has 1 aromatic carbocycles. The molecule has 0 N–H and O–H groups in total. The average molecular weight is 196 g/mol. The monoisotopic (exact) mass is 196 g/mol. The van der Waals surface area contributed by atoms with E-state index in [4.69, 9.17) is 4.74 Å². The van der Waals surface area contributed by atoms with Crippen molar-refractivity contribution in [1.29, 1.82) is 0 Å². The smallest absolute Gasteiger partial charge is 0.238 e. The van der Waals surface area contributed by atoms with Gasteiger partial charge >= 0.3 is 0 Å². The van der Waals surface area contributed by atoms with E-state index in [9.17, 15) is 4.39 Å². The molecule has 0 saturated carbocycles. The molecule has 1 nitrogen and oxygen atoms in total. The molecule has 78 valence electrons. The summed E-state index contributed by atoms with van der Waals surface area (Å²) in [7, 11) is 0. The summed E-state index contributed by atoms with van der Waals surface area (Å²) in [6.07, 6.45) is 2.40. The summed E-state index contributed by atoms with van der Waals surface area (Å²) >= 11 is 0. The van der Waals surface area contributed by atoms with E-state index in [2.05, 4.69) is 6.92 Å². The number of benzene rings is 1. The van der Waals surface area contributed by atoms with Gasteiger partial charge in [-0.05, 0) is 18.6 Å². The van der Waals surface area contributed by atoms with Crippen LogP contribution in [0.4, 0.5) is 4.39 Å². The molecular formula is C12H17FO. The van der Waals surface area contributed by atoms with Gasteiger partial charge in [-0.1, -0.05) is 38.0 Å². The highest BCUT2D eigenvalue weighted by Gasteiger charge is 2.06. The van der Waals surface area contributed by atoms with Crippen LogP contribution in [0.1, 0.15) is 32.6 Å². The summed E-state index contributed by atoms with van der Waals surface area (Å²) in [5, 5.41) is 0. The van der Waals surface area contributed by atoms with E-state index in [0.717, 1.165) is 19.3 Å². The summed E-state index contributed by atoms with van der Waals surface area (Å²) in [6, 6.07) is 9.11. The first-order valence-corrected chi connectivity index (χ1v) is 5.18. The third-order valence-electron chi connectivity index (χ3n) is 2.04. The molecule has 0 aliphatic heterocycles. The molecular weight excluding hydrogens is 179 g/mol. The molecule has 0 amide bonds. The predicted octanol–water partition coefficient (Wildman–Crippen LogP) is 3.94. The SMILES string of the molecule is CCCCCC(F)Oc1ccccc1. The van der Waals surface area contributed by atoms with Crippen LogP contribution in [0.3, 0.4) is 0 Å². The van der Waals surface area contributed by atoms with Crippen molar-refractivity contribution < 1.29 is 9.13 Å². The van der Waals surface area contributed by atoms with Gasteiger partial charge < -0.3 is 4.74 Å². The Labute approximate surface area is 84.9 Å². The Kier molecular flexibility index (Phi) is 5.05. The second-order valence-corrected chi connectivity index (χ2v) is 3.34. The van der Waals surface area contributed by atoms with E-state index >= 15 is 0 Å². The molecule has 1 rings (SSSR count). The molecule has 2 heteroatoms. The molecule has 0 aromatic heterocycles. The van der Waals surface area contributed by atoms with E-state index in [1.165, 1.54) is 0 Å². The average Bonchev–Trinajstić information content (AvgIpc) is 2.20. The number of rotatable bonds is 6. The van der Waals surface area contributed by atoms with Crippen molar-refractivity contribution >= 4 is 0 Å². The zero-order valence-electron chi connectivity index (χ0n) is 8.58. The van der Waals surface area contributed by atoms with Gasteiger partial charge in [-0.2, -0.15) is 0 Å². The molecule has 14 heavy (non-hydrogen) atoms. The fourth-order valence-electron chi connectivity index (χ4n) is 1.26. The third-order valence-corrected chi connectivity index (χ3v) is 2.04. The molecule has 0 fully saturated rings. The maximum absolute atomic E-state index is 13.2. The molecule has 1 unspecified atom stereocenters. The maximum Gasteiger partial charge on any atom is 0.238 e. The predicted molar refractivity (Wildman–Crippen MR) is 56.1 cm³/mol. The van der Waals surface area contributed by atoms with E-state index < -0.39 is 6.36 Å². The molecule has 0 aliphatic rings. The largest absolute Gasteiger partial charge is 0.460 e. The molecule has 0 spiro atoms. The van der Waals surface area contributed by atoms with Gasteiger partial charge in [-0.3, -0.25) is 0 Å². The molecule has 0 aliphatic carbocycles. The van der Waals surface area contributed by atoms with E-state index in [0.29, 0.717) is 12.2 Å². The molecule has 0 radical (unpaired) electrons. The fourth-order valence-corrected chi connectivity index (χ4v) is 1.26. The zero-order chi connectivity index (χ0) is 10.2. The first-order valence-electron chi connectivity index (χ1n) is 5.18. The topological polar surface area (TPSA) is 9.23 Å². The van der Waals surface area contributed by atoms with Crippen molar-refractivity contribution in [2.24, 2.45) is 0 Å². The molecule has 1 aromatic rings. The van der Waals surface area contributed by atoms with Crippen molar-refractivity contribution in [2.75, 3.05) is 0 Å². The Hall–Kier alpha value is -1.05. The number of unbranched alkanes of at least 4 members (excludes halogenated alkanes) is 2. The quantitative estimate of drug-likeness (QED) is 0.626. The van der Waals surface area contributed by atoms with E-state index in [-0.39, 0.29) is 0 Å². The Bertz CT molecular complexity index is 235. The van der Waals surface area contributed by atoms with Gasteiger partial charge in [0.25, 0.3) is 0 Å². The highest BCUT2D eigenvalue weighted by atomic mass is 19.1. The third kappa shape index (κ3) is 4.26. The van der Waals surface area contributed by atoms with Crippen molar-refractivity contribution in [3.05, 3.63) is 30.3 Å². The number of hydrogen-bond donors (Lipinski definition) is 0. The van der Waals surface area contributed by atoms with Crippen LogP contribution in [-0.2, 0) is 0 Å². The minimum Gasteiger partial charge on any atom is -0.460 e.